The second-order valence-corrected chi connectivity index (χ2v) is 7.82. The molecule has 2 aromatic rings. The van der Waals surface area contributed by atoms with Crippen LogP contribution in [-0.2, 0) is 30.3 Å². The van der Waals surface area contributed by atoms with Gasteiger partial charge >= 0.3 is 0 Å². The Morgan fingerprint density at radius 2 is 1.64 bits per heavy atom. The van der Waals surface area contributed by atoms with Crippen LogP contribution in [-0.4, -0.2) is 63.2 Å². The van der Waals surface area contributed by atoms with Gasteiger partial charge < -0.3 is 38.3 Å². The summed E-state index contributed by atoms with van der Waals surface area (Å²) >= 11 is 0. The Labute approximate surface area is 193 Å². The minimum absolute atomic E-state index is 0.237. The van der Waals surface area contributed by atoms with Crippen LogP contribution in [0.4, 0.5) is 0 Å². The maximum Gasteiger partial charge on any atom is 0.187 e. The molecule has 33 heavy (non-hydrogen) atoms. The Kier molecular flexibility index (Phi) is 7.97. The predicted molar refractivity (Wildman–Crippen MR) is 119 cm³/mol. The molecule has 0 amide bonds. The van der Waals surface area contributed by atoms with Crippen molar-refractivity contribution < 1.29 is 38.3 Å². The number of aliphatic hydroxyl groups excluding tert-OH is 1. The first-order valence-electron chi connectivity index (χ1n) is 10.8. The normalized spacial score (nSPS) is 29.2. The van der Waals surface area contributed by atoms with Crippen molar-refractivity contribution in [1.82, 2.24) is 0 Å². The van der Waals surface area contributed by atoms with Gasteiger partial charge in [-0.05, 0) is 29.8 Å². The van der Waals surface area contributed by atoms with Gasteiger partial charge in [-0.25, -0.2) is 0 Å². The molecule has 0 bridgehead atoms. The molecular weight excluding hydrogens is 428 g/mol. The molecule has 2 saturated heterocycles. The van der Waals surface area contributed by atoms with Gasteiger partial charge in [0.15, 0.2) is 12.6 Å². The Bertz CT molecular complexity index is 884. The second-order valence-electron chi connectivity index (χ2n) is 7.82. The quantitative estimate of drug-likeness (QED) is 0.574. The van der Waals surface area contributed by atoms with Gasteiger partial charge in [-0.2, -0.15) is 0 Å². The van der Waals surface area contributed by atoms with E-state index in [1.807, 2.05) is 48.5 Å². The van der Waals surface area contributed by atoms with Gasteiger partial charge in [0.25, 0.3) is 0 Å². The van der Waals surface area contributed by atoms with E-state index in [1.54, 1.807) is 20.3 Å². The van der Waals surface area contributed by atoms with Gasteiger partial charge in [0.05, 0.1) is 34.0 Å². The average molecular weight is 459 g/mol. The predicted octanol–water partition coefficient (Wildman–Crippen LogP) is 2.99. The lowest BCUT2D eigenvalue weighted by atomic mass is 9.97. The Morgan fingerprint density at radius 1 is 0.970 bits per heavy atom. The summed E-state index contributed by atoms with van der Waals surface area (Å²) in [4.78, 5) is 0. The number of methoxy groups -OCH3 is 2. The molecule has 0 aliphatic carbocycles. The van der Waals surface area contributed by atoms with Crippen molar-refractivity contribution in [3.8, 4) is 11.5 Å². The average Bonchev–Trinajstić information content (AvgIpc) is 2.87. The summed E-state index contributed by atoms with van der Waals surface area (Å²) in [6.45, 7) is 4.44. The number of fused-ring (bicyclic) bond motifs is 1. The number of hydrogen-bond acceptors (Lipinski definition) is 8. The zero-order valence-corrected chi connectivity index (χ0v) is 18.8. The highest BCUT2D eigenvalue weighted by molar-refractivity contribution is 5.28. The summed E-state index contributed by atoms with van der Waals surface area (Å²) in [6.07, 6.45) is -2.66. The molecule has 4 rings (SSSR count). The molecular formula is C25H30O8. The lowest BCUT2D eigenvalue weighted by Gasteiger charge is -2.47. The number of benzene rings is 2. The molecule has 2 heterocycles. The monoisotopic (exact) mass is 458 g/mol. The van der Waals surface area contributed by atoms with Crippen molar-refractivity contribution in [2.45, 2.75) is 43.6 Å². The molecule has 2 fully saturated rings. The summed E-state index contributed by atoms with van der Waals surface area (Å²) < 4.78 is 40.3. The van der Waals surface area contributed by atoms with Crippen molar-refractivity contribution >= 4 is 0 Å². The molecule has 0 radical (unpaired) electrons. The van der Waals surface area contributed by atoms with Crippen LogP contribution < -0.4 is 9.47 Å². The largest absolute Gasteiger partial charge is 0.497 e. The van der Waals surface area contributed by atoms with E-state index in [4.69, 9.17) is 33.2 Å². The van der Waals surface area contributed by atoms with E-state index in [1.165, 1.54) is 0 Å². The fourth-order valence-corrected chi connectivity index (χ4v) is 3.90. The van der Waals surface area contributed by atoms with Crippen molar-refractivity contribution in [2.75, 3.05) is 27.4 Å². The summed E-state index contributed by atoms with van der Waals surface area (Å²) in [5.41, 5.74) is 1.77. The molecule has 0 unspecified atom stereocenters. The highest BCUT2D eigenvalue weighted by atomic mass is 16.8. The van der Waals surface area contributed by atoms with Gasteiger partial charge in [-0.1, -0.05) is 30.3 Å². The third-order valence-electron chi connectivity index (χ3n) is 5.68. The molecule has 2 aliphatic heterocycles. The Balaban J connectivity index is 1.50. The van der Waals surface area contributed by atoms with Crippen LogP contribution in [0.25, 0.3) is 0 Å². The molecule has 0 saturated carbocycles. The van der Waals surface area contributed by atoms with Crippen LogP contribution in [0.15, 0.2) is 61.2 Å². The van der Waals surface area contributed by atoms with Crippen molar-refractivity contribution in [3.05, 3.63) is 72.3 Å². The van der Waals surface area contributed by atoms with E-state index in [0.717, 1.165) is 22.6 Å². The zero-order chi connectivity index (χ0) is 23.2. The first-order valence-corrected chi connectivity index (χ1v) is 10.8. The highest BCUT2D eigenvalue weighted by Crippen LogP contribution is 2.36. The lowest BCUT2D eigenvalue weighted by Crippen LogP contribution is -2.63. The number of rotatable bonds is 9. The number of hydrogen-bond donors (Lipinski definition) is 1. The van der Waals surface area contributed by atoms with E-state index >= 15 is 0 Å². The van der Waals surface area contributed by atoms with Crippen LogP contribution in [0.5, 0.6) is 11.5 Å². The van der Waals surface area contributed by atoms with Crippen molar-refractivity contribution in [2.24, 2.45) is 0 Å². The molecule has 0 spiro atoms. The minimum atomic E-state index is -1.06. The molecule has 2 aromatic carbocycles. The third kappa shape index (κ3) is 5.55. The maximum absolute atomic E-state index is 11.0. The van der Waals surface area contributed by atoms with Gasteiger partial charge in [-0.3, -0.25) is 0 Å². The Hall–Kier alpha value is -2.46. The van der Waals surface area contributed by atoms with Crippen LogP contribution in [0, 0.1) is 0 Å². The van der Waals surface area contributed by atoms with Crippen LogP contribution in [0.2, 0.25) is 0 Å². The van der Waals surface area contributed by atoms with Crippen molar-refractivity contribution in [1.29, 1.82) is 0 Å². The summed E-state index contributed by atoms with van der Waals surface area (Å²) in [5.74, 6) is 1.50. The van der Waals surface area contributed by atoms with Gasteiger partial charge in [-0.15, -0.1) is 6.58 Å². The van der Waals surface area contributed by atoms with E-state index in [9.17, 15) is 5.11 Å². The fraction of sp³-hybridized carbons (Fsp3) is 0.440. The van der Waals surface area contributed by atoms with Crippen LogP contribution in [0.1, 0.15) is 17.4 Å². The zero-order valence-electron chi connectivity index (χ0n) is 18.8. The second kappa shape index (κ2) is 11.1. The molecule has 8 heteroatoms. The summed E-state index contributed by atoms with van der Waals surface area (Å²) in [5, 5.41) is 11.0. The molecule has 6 atom stereocenters. The molecule has 178 valence electrons. The lowest BCUT2D eigenvalue weighted by molar-refractivity contribution is -0.365. The van der Waals surface area contributed by atoms with Gasteiger partial charge in [0.2, 0.25) is 0 Å². The van der Waals surface area contributed by atoms with Gasteiger partial charge in [0.1, 0.15) is 35.9 Å². The number of aliphatic hydroxyl groups is 1. The first kappa shape index (κ1) is 23.7. The van der Waals surface area contributed by atoms with Gasteiger partial charge in [0, 0.05) is 5.56 Å². The van der Waals surface area contributed by atoms with E-state index in [-0.39, 0.29) is 19.8 Å². The molecule has 2 aliphatic rings. The smallest absolute Gasteiger partial charge is 0.187 e. The van der Waals surface area contributed by atoms with E-state index < -0.39 is 37.0 Å². The summed E-state index contributed by atoms with van der Waals surface area (Å²) in [6, 6.07) is 15.0. The minimum Gasteiger partial charge on any atom is -0.497 e. The third-order valence-corrected chi connectivity index (χ3v) is 5.68. The van der Waals surface area contributed by atoms with Crippen molar-refractivity contribution in [3.63, 3.8) is 0 Å². The maximum atomic E-state index is 11.0. The fourth-order valence-electron chi connectivity index (χ4n) is 3.90. The van der Waals surface area contributed by atoms with Crippen LogP contribution >= 0.6 is 0 Å². The first-order chi connectivity index (χ1) is 16.1. The van der Waals surface area contributed by atoms with E-state index in [0.29, 0.717) is 0 Å². The Morgan fingerprint density at radius 3 is 2.27 bits per heavy atom. The molecule has 8 nitrogen and oxygen atoms in total. The topological polar surface area (TPSA) is 84.8 Å². The SMILES string of the molecule is C=CCO[C@@H]1O[C@@H]2CO[C@@H](c3ccc(OC)cc3)O[C@H]2[C@H](OCc2ccc(OC)cc2)[C@H]1O. The molecule has 0 aromatic heterocycles. The molecule has 1 N–H and O–H groups in total. The van der Waals surface area contributed by atoms with Crippen LogP contribution in [0.3, 0.4) is 0 Å². The number of ether oxygens (including phenoxy) is 7. The highest BCUT2D eigenvalue weighted by Gasteiger charge is 2.50. The standard InChI is InChI=1S/C25H30O8/c1-4-13-29-25-21(26)23(30-14-16-5-9-18(27-2)10-6-16)22-20(32-25)15-31-24(33-22)17-7-11-19(28-3)12-8-17/h4-12,20-26H,1,13-15H2,2-3H3/t20-,21-,22-,23-,24-,25-/m1/s1. The summed E-state index contributed by atoms with van der Waals surface area (Å²) in [7, 11) is 3.23. The van der Waals surface area contributed by atoms with E-state index in [2.05, 4.69) is 6.58 Å².